The lowest BCUT2D eigenvalue weighted by Gasteiger charge is -2.28. The van der Waals surface area contributed by atoms with E-state index in [0.29, 0.717) is 17.2 Å². The first-order valence-corrected chi connectivity index (χ1v) is 12.1. The summed E-state index contributed by atoms with van der Waals surface area (Å²) in [5, 5.41) is 0.644. The second-order valence-electron chi connectivity index (χ2n) is 8.81. The lowest BCUT2D eigenvalue weighted by atomic mass is 9.99. The van der Waals surface area contributed by atoms with Gasteiger partial charge in [0.1, 0.15) is 6.61 Å². The molecular formula is C29H27ClN2O2. The van der Waals surface area contributed by atoms with Crippen LogP contribution in [0, 0.1) is 0 Å². The van der Waals surface area contributed by atoms with Crippen LogP contribution < -0.4 is 0 Å². The second kappa shape index (κ2) is 10.3. The van der Waals surface area contributed by atoms with Crippen molar-refractivity contribution in [3.05, 3.63) is 112 Å². The van der Waals surface area contributed by atoms with Crippen LogP contribution in [0.2, 0.25) is 5.02 Å². The third-order valence-corrected chi connectivity index (χ3v) is 6.59. The highest BCUT2D eigenvalue weighted by Gasteiger charge is 2.21. The van der Waals surface area contributed by atoms with E-state index in [-0.39, 0.29) is 11.9 Å². The quantitative estimate of drug-likeness (QED) is 0.455. The van der Waals surface area contributed by atoms with Crippen LogP contribution in [-0.2, 0) is 11.2 Å². The maximum absolute atomic E-state index is 12.7. The molecule has 34 heavy (non-hydrogen) atoms. The van der Waals surface area contributed by atoms with E-state index in [2.05, 4.69) is 54.6 Å². The number of hydrogen-bond acceptors (Lipinski definition) is 3. The molecule has 0 radical (unpaired) electrons. The summed E-state index contributed by atoms with van der Waals surface area (Å²) in [7, 11) is 0. The predicted octanol–water partition coefficient (Wildman–Crippen LogP) is 6.05. The second-order valence-corrected chi connectivity index (χ2v) is 9.25. The van der Waals surface area contributed by atoms with Crippen molar-refractivity contribution in [3.63, 3.8) is 0 Å². The van der Waals surface area contributed by atoms with Gasteiger partial charge in [0.15, 0.2) is 0 Å². The van der Waals surface area contributed by atoms with Crippen molar-refractivity contribution < 1.29 is 9.53 Å². The summed E-state index contributed by atoms with van der Waals surface area (Å²) in [5.74, 6) is 0.803. The van der Waals surface area contributed by atoms with Gasteiger partial charge >= 0.3 is 0 Å². The van der Waals surface area contributed by atoms with E-state index in [4.69, 9.17) is 21.3 Å². The third kappa shape index (κ3) is 5.40. The number of nitrogens with zero attached hydrogens (tertiary/aromatic N) is 2. The van der Waals surface area contributed by atoms with Crippen LogP contribution in [0.15, 0.2) is 89.4 Å². The Hall–Kier alpha value is -3.37. The maximum Gasteiger partial charge on any atom is 0.253 e. The van der Waals surface area contributed by atoms with Crippen molar-refractivity contribution in [2.45, 2.75) is 25.3 Å². The molecule has 0 aliphatic carbocycles. The van der Waals surface area contributed by atoms with E-state index in [1.165, 1.54) is 11.1 Å². The molecule has 172 valence electrons. The normalized spacial score (nSPS) is 17.8. The van der Waals surface area contributed by atoms with Crippen LogP contribution in [0.3, 0.4) is 0 Å². The Morgan fingerprint density at radius 1 is 0.971 bits per heavy atom. The predicted molar refractivity (Wildman–Crippen MR) is 137 cm³/mol. The molecular weight excluding hydrogens is 444 g/mol. The molecule has 3 aromatic rings. The van der Waals surface area contributed by atoms with Crippen molar-refractivity contribution >= 4 is 29.5 Å². The zero-order chi connectivity index (χ0) is 23.3. The molecule has 1 atom stereocenters. The van der Waals surface area contributed by atoms with Crippen LogP contribution in [0.1, 0.15) is 39.9 Å². The van der Waals surface area contributed by atoms with Gasteiger partial charge in [-0.05, 0) is 66.8 Å². The number of hydrogen-bond donors (Lipinski definition) is 0. The Bertz CT molecular complexity index is 1190. The molecule has 0 aromatic heterocycles. The van der Waals surface area contributed by atoms with Crippen LogP contribution in [0.4, 0.5) is 0 Å². The van der Waals surface area contributed by atoms with E-state index in [0.717, 1.165) is 49.4 Å². The van der Waals surface area contributed by atoms with Crippen molar-refractivity contribution in [2.24, 2.45) is 4.99 Å². The standard InChI is InChI=1S/C29H27ClN2O2/c30-26-12-10-25(11-13-26)29(33)32-16-14-23(15-17-32)18-22-6-8-24(9-7-22)28-31-27(20-34-28)19-21-4-2-1-3-5-21/h1-13,18,27H,14-17,19-20H2. The molecule has 5 heteroatoms. The molecule has 2 heterocycles. The molecule has 0 bridgehead atoms. The van der Waals surface area contributed by atoms with Crippen LogP contribution in [-0.4, -0.2) is 42.4 Å². The first-order valence-electron chi connectivity index (χ1n) is 11.7. The molecule has 1 saturated heterocycles. The number of amides is 1. The zero-order valence-corrected chi connectivity index (χ0v) is 19.7. The molecule has 4 nitrogen and oxygen atoms in total. The Balaban J connectivity index is 1.17. The number of ether oxygens (including phenoxy) is 1. The van der Waals surface area contributed by atoms with Gasteiger partial charge in [-0.25, -0.2) is 4.99 Å². The molecule has 2 aliphatic rings. The summed E-state index contributed by atoms with van der Waals surface area (Å²) < 4.78 is 5.88. The lowest BCUT2D eigenvalue weighted by Crippen LogP contribution is -2.36. The van der Waals surface area contributed by atoms with Crippen molar-refractivity contribution in [3.8, 4) is 0 Å². The Morgan fingerprint density at radius 3 is 2.38 bits per heavy atom. The van der Waals surface area contributed by atoms with E-state index in [1.54, 1.807) is 24.3 Å². The van der Waals surface area contributed by atoms with Gasteiger partial charge < -0.3 is 9.64 Å². The smallest absolute Gasteiger partial charge is 0.253 e. The van der Waals surface area contributed by atoms with E-state index in [1.807, 2.05) is 11.0 Å². The summed E-state index contributed by atoms with van der Waals surface area (Å²) in [4.78, 5) is 19.4. The fourth-order valence-corrected chi connectivity index (χ4v) is 4.56. The molecule has 1 unspecified atom stereocenters. The number of carbonyl (C=O) groups excluding carboxylic acids is 1. The van der Waals surface area contributed by atoms with Gasteiger partial charge in [-0.15, -0.1) is 0 Å². The van der Waals surface area contributed by atoms with Gasteiger partial charge in [0.25, 0.3) is 5.91 Å². The van der Waals surface area contributed by atoms with Gasteiger partial charge in [0, 0.05) is 29.2 Å². The van der Waals surface area contributed by atoms with Gasteiger partial charge in [0.05, 0.1) is 6.04 Å². The van der Waals surface area contributed by atoms with E-state index >= 15 is 0 Å². The number of aliphatic imine (C=N–C) groups is 1. The van der Waals surface area contributed by atoms with Crippen molar-refractivity contribution in [1.29, 1.82) is 0 Å². The molecule has 1 amide bonds. The summed E-state index contributed by atoms with van der Waals surface area (Å²) in [5.41, 5.74) is 5.52. The summed E-state index contributed by atoms with van der Waals surface area (Å²) >= 11 is 5.94. The van der Waals surface area contributed by atoms with Gasteiger partial charge in [-0.2, -0.15) is 0 Å². The molecule has 1 fully saturated rings. The van der Waals surface area contributed by atoms with Crippen molar-refractivity contribution in [1.82, 2.24) is 4.90 Å². The van der Waals surface area contributed by atoms with E-state index < -0.39 is 0 Å². The number of carbonyl (C=O) groups is 1. The molecule has 5 rings (SSSR count). The number of rotatable bonds is 5. The monoisotopic (exact) mass is 470 g/mol. The lowest BCUT2D eigenvalue weighted by molar-refractivity contribution is 0.0744. The van der Waals surface area contributed by atoms with E-state index in [9.17, 15) is 4.79 Å². The maximum atomic E-state index is 12.7. The minimum atomic E-state index is 0.0722. The minimum Gasteiger partial charge on any atom is -0.475 e. The largest absolute Gasteiger partial charge is 0.475 e. The highest BCUT2D eigenvalue weighted by molar-refractivity contribution is 6.30. The number of halogens is 1. The van der Waals surface area contributed by atoms with Crippen molar-refractivity contribution in [2.75, 3.05) is 19.7 Å². The third-order valence-electron chi connectivity index (χ3n) is 6.34. The van der Waals surface area contributed by atoms with Crippen LogP contribution in [0.25, 0.3) is 6.08 Å². The minimum absolute atomic E-state index is 0.0722. The Kier molecular flexibility index (Phi) is 6.77. The highest BCUT2D eigenvalue weighted by Crippen LogP contribution is 2.23. The Labute approximate surface area is 205 Å². The SMILES string of the molecule is O=C(c1ccc(Cl)cc1)N1CCC(=Cc2ccc(C3=NC(Cc4ccccc4)CO3)cc2)CC1. The fourth-order valence-electron chi connectivity index (χ4n) is 4.44. The first kappa shape index (κ1) is 22.4. The van der Waals surface area contributed by atoms with Gasteiger partial charge in [0.2, 0.25) is 5.90 Å². The highest BCUT2D eigenvalue weighted by atomic mass is 35.5. The average molecular weight is 471 g/mol. The number of likely N-dealkylation sites (tertiary alicyclic amines) is 1. The van der Waals surface area contributed by atoms with Gasteiger partial charge in [-0.3, -0.25) is 4.79 Å². The summed E-state index contributed by atoms with van der Waals surface area (Å²) in [6.45, 7) is 2.10. The molecule has 3 aromatic carbocycles. The Morgan fingerprint density at radius 2 is 1.68 bits per heavy atom. The van der Waals surface area contributed by atoms with Gasteiger partial charge in [-0.1, -0.05) is 65.7 Å². The molecule has 0 saturated carbocycles. The molecule has 2 aliphatic heterocycles. The van der Waals surface area contributed by atoms with Crippen LogP contribution in [0.5, 0.6) is 0 Å². The fraction of sp³-hybridized carbons (Fsp3) is 0.241. The average Bonchev–Trinajstić information content (AvgIpc) is 3.34. The first-order chi connectivity index (χ1) is 16.6. The topological polar surface area (TPSA) is 41.9 Å². The summed E-state index contributed by atoms with van der Waals surface area (Å²) in [6.07, 6.45) is 4.91. The zero-order valence-electron chi connectivity index (χ0n) is 19.0. The molecule has 0 N–H and O–H groups in total. The van der Waals surface area contributed by atoms with Crippen LogP contribution >= 0.6 is 11.6 Å². The number of piperidine rings is 1. The molecule has 0 spiro atoms. The number of benzene rings is 3. The summed E-state index contributed by atoms with van der Waals surface area (Å²) in [6, 6.07) is 26.1.